The van der Waals surface area contributed by atoms with Gasteiger partial charge in [0.1, 0.15) is 9.85 Å². The van der Waals surface area contributed by atoms with Crippen molar-refractivity contribution in [3.63, 3.8) is 0 Å². The van der Waals surface area contributed by atoms with Crippen LogP contribution >= 0.6 is 0 Å². The van der Waals surface area contributed by atoms with Crippen molar-refractivity contribution in [3.05, 3.63) is 20.2 Å². The summed E-state index contributed by atoms with van der Waals surface area (Å²) >= 11 is 0. The fraction of sp³-hybridized carbons (Fsp3) is 1.00. The van der Waals surface area contributed by atoms with Crippen molar-refractivity contribution in [2.45, 2.75) is 5.92 Å². The molecule has 0 bridgehead atoms. The Morgan fingerprint density at radius 2 is 1.85 bits per heavy atom. The van der Waals surface area contributed by atoms with Gasteiger partial charge in [0.05, 0.1) is 6.61 Å². The Morgan fingerprint density at radius 3 is 2.15 bits per heavy atom. The summed E-state index contributed by atoms with van der Waals surface area (Å²) in [6.45, 7) is -1.60. The number of nitrogens with zero attached hydrogens (tertiary/aromatic N) is 2. The molecule has 0 atom stereocenters. The van der Waals surface area contributed by atoms with Gasteiger partial charge in [-0.2, -0.15) is 0 Å². The summed E-state index contributed by atoms with van der Waals surface area (Å²) < 4.78 is 12.8. The van der Waals surface area contributed by atoms with Gasteiger partial charge < -0.3 is 5.11 Å². The monoisotopic (exact) mass is 197 g/mol. The smallest absolute Gasteiger partial charge is 0.395 e. The summed E-state index contributed by atoms with van der Waals surface area (Å²) in [5.74, 6) is -3.73. The summed E-state index contributed by atoms with van der Waals surface area (Å²) in [7, 11) is 0. The molecule has 76 valence electrons. The van der Waals surface area contributed by atoms with Crippen LogP contribution < -0.4 is 5.32 Å². The lowest BCUT2D eigenvalue weighted by Gasteiger charge is -2.07. The zero-order chi connectivity index (χ0) is 10.5. The van der Waals surface area contributed by atoms with E-state index in [9.17, 15) is 24.6 Å². The molecule has 2 N–H and O–H groups in total. The number of alkyl halides is 1. The Bertz CT molecular complexity index is 196. The summed E-state index contributed by atoms with van der Waals surface area (Å²) in [5, 5.41) is 30.1. The largest absolute Gasteiger partial charge is 0.626 e. The fourth-order valence-corrected chi connectivity index (χ4v) is 0.522. The molecule has 0 amide bonds. The third kappa shape index (κ3) is 2.87. The fourth-order valence-electron chi connectivity index (χ4n) is 0.522. The molecule has 8 nitrogen and oxygen atoms in total. The van der Waals surface area contributed by atoms with E-state index in [0.29, 0.717) is 0 Å². The van der Waals surface area contributed by atoms with Crippen molar-refractivity contribution in [1.29, 1.82) is 0 Å². The van der Waals surface area contributed by atoms with Gasteiger partial charge in [-0.3, -0.25) is 25.5 Å². The number of hydrogen-bond acceptors (Lipinski definition) is 6. The van der Waals surface area contributed by atoms with Crippen molar-refractivity contribution < 1.29 is 19.3 Å². The predicted molar refractivity (Wildman–Crippen MR) is 37.8 cm³/mol. The molecule has 0 aliphatic rings. The van der Waals surface area contributed by atoms with Gasteiger partial charge in [-0.05, 0) is 0 Å². The lowest BCUT2D eigenvalue weighted by atomic mass is 10.4. The average Bonchev–Trinajstić information content (AvgIpc) is 2.03. The zero-order valence-electron chi connectivity index (χ0n) is 6.47. The van der Waals surface area contributed by atoms with E-state index in [0.717, 1.165) is 0 Å². The highest BCUT2D eigenvalue weighted by molar-refractivity contribution is 4.56. The third-order valence-electron chi connectivity index (χ3n) is 1.20. The summed E-state index contributed by atoms with van der Waals surface area (Å²) in [6.07, 6.45) is 0. The first-order chi connectivity index (χ1) is 5.95. The minimum atomic E-state index is -3.73. The second-order valence-electron chi connectivity index (χ2n) is 2.13. The van der Waals surface area contributed by atoms with Crippen molar-refractivity contribution in [3.8, 4) is 0 Å². The molecule has 0 aromatic heterocycles. The Morgan fingerprint density at radius 1 is 1.38 bits per heavy atom. The summed E-state index contributed by atoms with van der Waals surface area (Å²) in [4.78, 5) is 16.6. The van der Waals surface area contributed by atoms with Gasteiger partial charge in [0.15, 0.2) is 6.54 Å². The van der Waals surface area contributed by atoms with E-state index in [1.165, 1.54) is 0 Å². The van der Waals surface area contributed by atoms with Crippen LogP contribution in [-0.4, -0.2) is 40.6 Å². The summed E-state index contributed by atoms with van der Waals surface area (Å²) in [5.41, 5.74) is 0. The van der Waals surface area contributed by atoms with Crippen LogP contribution in [0.4, 0.5) is 4.39 Å². The topological polar surface area (TPSA) is 119 Å². The molecule has 0 fully saturated rings. The van der Waals surface area contributed by atoms with Gasteiger partial charge in [-0.1, -0.05) is 4.39 Å². The van der Waals surface area contributed by atoms with Gasteiger partial charge in [-0.15, -0.1) is 0 Å². The highest BCUT2D eigenvalue weighted by Crippen LogP contribution is 2.10. The minimum Gasteiger partial charge on any atom is -0.395 e. The highest BCUT2D eigenvalue weighted by Gasteiger charge is 2.57. The number of nitrogens with one attached hydrogen (secondary N) is 1. The Kier molecular flexibility index (Phi) is 4.14. The molecule has 0 radical (unpaired) electrons. The van der Waals surface area contributed by atoms with Crippen LogP contribution in [0.1, 0.15) is 0 Å². The van der Waals surface area contributed by atoms with Gasteiger partial charge in [-0.25, -0.2) is 0 Å². The zero-order valence-corrected chi connectivity index (χ0v) is 6.47. The van der Waals surface area contributed by atoms with Crippen LogP contribution in [0.25, 0.3) is 0 Å². The van der Waals surface area contributed by atoms with Crippen molar-refractivity contribution in [2.24, 2.45) is 0 Å². The van der Waals surface area contributed by atoms with Gasteiger partial charge in [0.2, 0.25) is 0 Å². The Labute approximate surface area is 71.6 Å². The van der Waals surface area contributed by atoms with E-state index < -0.39 is 22.3 Å². The second kappa shape index (κ2) is 4.62. The average molecular weight is 197 g/mol. The maximum absolute atomic E-state index is 12.8. The highest BCUT2D eigenvalue weighted by atomic mass is 19.2. The molecular weight excluding hydrogens is 189 g/mol. The van der Waals surface area contributed by atoms with E-state index >= 15 is 0 Å². The van der Waals surface area contributed by atoms with Crippen LogP contribution in [0.2, 0.25) is 0 Å². The molecule has 0 spiro atoms. The van der Waals surface area contributed by atoms with Crippen molar-refractivity contribution in [1.82, 2.24) is 5.32 Å². The number of aliphatic hydroxyl groups excluding tert-OH is 1. The van der Waals surface area contributed by atoms with Crippen LogP contribution in [0.15, 0.2) is 0 Å². The van der Waals surface area contributed by atoms with Gasteiger partial charge in [0, 0.05) is 6.54 Å². The third-order valence-corrected chi connectivity index (χ3v) is 1.20. The molecule has 0 aliphatic carbocycles. The first-order valence-corrected chi connectivity index (χ1v) is 3.24. The Hall–Kier alpha value is -1.35. The number of halogens is 1. The summed E-state index contributed by atoms with van der Waals surface area (Å²) in [6, 6.07) is 0. The Balaban J connectivity index is 4.26. The molecule has 0 rings (SSSR count). The predicted octanol–water partition coefficient (Wildman–Crippen LogP) is -1.25. The van der Waals surface area contributed by atoms with Crippen LogP contribution in [0.5, 0.6) is 0 Å². The van der Waals surface area contributed by atoms with Crippen LogP contribution in [0, 0.1) is 20.2 Å². The van der Waals surface area contributed by atoms with Crippen LogP contribution in [-0.2, 0) is 0 Å². The van der Waals surface area contributed by atoms with Gasteiger partial charge >= 0.3 is 5.92 Å². The first kappa shape index (κ1) is 11.6. The van der Waals surface area contributed by atoms with E-state index in [4.69, 9.17) is 5.11 Å². The first-order valence-electron chi connectivity index (χ1n) is 3.24. The van der Waals surface area contributed by atoms with E-state index in [1.807, 2.05) is 5.32 Å². The van der Waals surface area contributed by atoms with Crippen LogP contribution in [0.3, 0.4) is 0 Å². The SMILES string of the molecule is O=[N+]([O-])C(F)(CNCCO)[N+](=O)[O-]. The lowest BCUT2D eigenvalue weighted by molar-refractivity contribution is -0.828. The van der Waals surface area contributed by atoms with E-state index in [1.54, 1.807) is 0 Å². The molecule has 0 aliphatic heterocycles. The number of hydrogen-bond donors (Lipinski definition) is 2. The van der Waals surface area contributed by atoms with Crippen molar-refractivity contribution >= 4 is 0 Å². The molecule has 0 saturated carbocycles. The second-order valence-corrected chi connectivity index (χ2v) is 2.13. The number of aliphatic hydroxyl groups is 1. The maximum Gasteiger partial charge on any atom is 0.626 e. The molecule has 0 saturated heterocycles. The quantitative estimate of drug-likeness (QED) is 0.180. The maximum atomic E-state index is 12.8. The minimum absolute atomic E-state index is 0.145. The molecule has 13 heavy (non-hydrogen) atoms. The molecule has 9 heteroatoms. The standard InChI is InChI=1S/C4H8FN3O5/c5-4(7(10)11,8(12)13)3-6-1-2-9/h6,9H,1-3H2. The number of rotatable bonds is 6. The lowest BCUT2D eigenvalue weighted by Crippen LogP contribution is -2.50. The molecule has 0 aromatic rings. The van der Waals surface area contributed by atoms with Gasteiger partial charge in [0.25, 0.3) is 0 Å². The molecule has 0 heterocycles. The van der Waals surface area contributed by atoms with E-state index in [2.05, 4.69) is 0 Å². The van der Waals surface area contributed by atoms with Crippen molar-refractivity contribution in [2.75, 3.05) is 19.7 Å². The number of nitro groups is 2. The molecule has 0 unspecified atom stereocenters. The molecule has 0 aromatic carbocycles. The normalized spacial score (nSPS) is 11.2. The van der Waals surface area contributed by atoms with E-state index in [-0.39, 0.29) is 13.2 Å². The molecular formula is C4H8FN3O5.